The Bertz CT molecular complexity index is 601. The summed E-state index contributed by atoms with van der Waals surface area (Å²) < 4.78 is 1.83. The highest BCUT2D eigenvalue weighted by atomic mass is 16.3. The third-order valence-corrected chi connectivity index (χ3v) is 6.73. The average Bonchev–Trinajstić information content (AvgIpc) is 3.02. The van der Waals surface area contributed by atoms with E-state index < -0.39 is 0 Å². The maximum Gasteiger partial charge on any atom is 0.257 e. The minimum atomic E-state index is 0.0242. The topological polar surface area (TPSA) is 58.4 Å². The van der Waals surface area contributed by atoms with Crippen LogP contribution in [0.4, 0.5) is 0 Å². The van der Waals surface area contributed by atoms with Crippen LogP contribution in [-0.2, 0) is 0 Å². The Morgan fingerprint density at radius 2 is 1.88 bits per heavy atom. The van der Waals surface area contributed by atoms with Gasteiger partial charge in [-0.05, 0) is 75.5 Å². The Hall–Kier alpha value is -1.36. The molecule has 4 fully saturated rings. The number of aliphatic hydroxyl groups is 1. The first-order valence-corrected chi connectivity index (χ1v) is 9.92. The van der Waals surface area contributed by atoms with Crippen LogP contribution in [-0.4, -0.2) is 45.4 Å². The molecule has 5 heteroatoms. The molecular formula is C20H31N3O2. The largest absolute Gasteiger partial charge is 0.395 e. The second-order valence-electron chi connectivity index (χ2n) is 9.17. The molecule has 0 radical (unpaired) electrons. The molecule has 25 heavy (non-hydrogen) atoms. The van der Waals surface area contributed by atoms with Gasteiger partial charge in [-0.25, -0.2) is 0 Å². The van der Waals surface area contributed by atoms with E-state index in [1.807, 2.05) is 15.8 Å². The van der Waals surface area contributed by atoms with Gasteiger partial charge in [0.15, 0.2) is 0 Å². The number of carbonyl (C=O) groups excluding carboxylic acids is 1. The molecule has 0 aromatic carbocycles. The number of nitrogens with zero attached hydrogens (tertiary/aromatic N) is 3. The van der Waals surface area contributed by atoms with E-state index in [4.69, 9.17) is 0 Å². The smallest absolute Gasteiger partial charge is 0.257 e. The summed E-state index contributed by atoms with van der Waals surface area (Å²) in [4.78, 5) is 15.0. The first-order valence-electron chi connectivity index (χ1n) is 9.92. The lowest BCUT2D eigenvalue weighted by Gasteiger charge is -2.57. The van der Waals surface area contributed by atoms with E-state index >= 15 is 0 Å². The zero-order valence-electron chi connectivity index (χ0n) is 15.5. The average molecular weight is 345 g/mol. The maximum atomic E-state index is 13.1. The van der Waals surface area contributed by atoms with Crippen molar-refractivity contribution in [2.45, 2.75) is 58.4 Å². The van der Waals surface area contributed by atoms with Gasteiger partial charge in [-0.15, -0.1) is 0 Å². The van der Waals surface area contributed by atoms with Crippen LogP contribution in [0.15, 0.2) is 12.4 Å². The summed E-state index contributed by atoms with van der Waals surface area (Å²) >= 11 is 0. The van der Waals surface area contributed by atoms with E-state index in [1.54, 1.807) is 6.20 Å². The van der Waals surface area contributed by atoms with Crippen molar-refractivity contribution < 1.29 is 9.90 Å². The van der Waals surface area contributed by atoms with E-state index in [1.165, 1.54) is 38.5 Å². The van der Waals surface area contributed by atoms with Gasteiger partial charge in [-0.2, -0.15) is 5.10 Å². The Labute approximate surface area is 150 Å². The van der Waals surface area contributed by atoms with Crippen LogP contribution in [0.3, 0.4) is 0 Å². The molecule has 0 unspecified atom stereocenters. The molecule has 1 amide bonds. The SMILES string of the molecule is CC(C)n1cc(C(=O)N(CCO)CC23CC4CC(CC(C4)C2)C3)cn1. The number of hydrogen-bond donors (Lipinski definition) is 1. The number of rotatable bonds is 6. The highest BCUT2D eigenvalue weighted by Crippen LogP contribution is 2.60. The van der Waals surface area contributed by atoms with Gasteiger partial charge in [0.2, 0.25) is 0 Å². The quantitative estimate of drug-likeness (QED) is 0.862. The van der Waals surface area contributed by atoms with Crippen LogP contribution in [0.25, 0.3) is 0 Å². The summed E-state index contributed by atoms with van der Waals surface area (Å²) in [5.74, 6) is 2.65. The highest BCUT2D eigenvalue weighted by Gasteiger charge is 2.51. The molecule has 4 aliphatic carbocycles. The molecule has 0 saturated heterocycles. The molecule has 5 rings (SSSR count). The zero-order chi connectivity index (χ0) is 17.6. The molecule has 4 bridgehead atoms. The van der Waals surface area contributed by atoms with Crippen LogP contribution in [0, 0.1) is 23.2 Å². The summed E-state index contributed by atoms with van der Waals surface area (Å²) in [6, 6.07) is 0.246. The summed E-state index contributed by atoms with van der Waals surface area (Å²) in [6.45, 7) is 5.37. The van der Waals surface area contributed by atoms with Crippen LogP contribution in [0.5, 0.6) is 0 Å². The molecule has 0 aliphatic heterocycles. The summed E-state index contributed by atoms with van der Waals surface area (Å²) in [5.41, 5.74) is 0.944. The van der Waals surface area contributed by atoms with Gasteiger partial charge < -0.3 is 10.0 Å². The fourth-order valence-electron chi connectivity index (χ4n) is 6.18. The third kappa shape index (κ3) is 3.23. The predicted molar refractivity (Wildman–Crippen MR) is 96.2 cm³/mol. The van der Waals surface area contributed by atoms with Gasteiger partial charge in [0.05, 0.1) is 18.4 Å². The summed E-state index contributed by atoms with van der Waals surface area (Å²) in [5, 5.41) is 13.8. The van der Waals surface area contributed by atoms with Crippen LogP contribution < -0.4 is 0 Å². The van der Waals surface area contributed by atoms with Gasteiger partial charge in [-0.3, -0.25) is 9.48 Å². The van der Waals surface area contributed by atoms with Gasteiger partial charge in [0, 0.05) is 25.3 Å². The fraction of sp³-hybridized carbons (Fsp3) is 0.800. The zero-order valence-corrected chi connectivity index (χ0v) is 15.5. The first kappa shape index (κ1) is 17.1. The Morgan fingerprint density at radius 1 is 1.28 bits per heavy atom. The van der Waals surface area contributed by atoms with Crippen molar-refractivity contribution in [2.24, 2.45) is 23.2 Å². The van der Waals surface area contributed by atoms with Crippen molar-refractivity contribution >= 4 is 5.91 Å². The molecule has 5 nitrogen and oxygen atoms in total. The van der Waals surface area contributed by atoms with Crippen molar-refractivity contribution in [3.05, 3.63) is 18.0 Å². The molecular weight excluding hydrogens is 314 g/mol. The summed E-state index contributed by atoms with van der Waals surface area (Å²) in [6.07, 6.45) is 11.6. The predicted octanol–water partition coefficient (Wildman–Crippen LogP) is 3.11. The van der Waals surface area contributed by atoms with Gasteiger partial charge in [-0.1, -0.05) is 0 Å². The minimum Gasteiger partial charge on any atom is -0.395 e. The van der Waals surface area contributed by atoms with Gasteiger partial charge in [0.25, 0.3) is 5.91 Å². The van der Waals surface area contributed by atoms with Gasteiger partial charge in [0.1, 0.15) is 0 Å². The highest BCUT2D eigenvalue weighted by molar-refractivity contribution is 5.93. The minimum absolute atomic E-state index is 0.0242. The molecule has 1 heterocycles. The molecule has 1 aromatic heterocycles. The first-order chi connectivity index (χ1) is 12.0. The van der Waals surface area contributed by atoms with Crippen molar-refractivity contribution in [1.82, 2.24) is 14.7 Å². The van der Waals surface area contributed by atoms with Crippen LogP contribution >= 0.6 is 0 Å². The molecule has 1 N–H and O–H groups in total. The number of amides is 1. The lowest BCUT2D eigenvalue weighted by Crippen LogP contribution is -2.52. The fourth-order valence-corrected chi connectivity index (χ4v) is 6.18. The number of aliphatic hydroxyl groups excluding tert-OH is 1. The van der Waals surface area contributed by atoms with Gasteiger partial charge >= 0.3 is 0 Å². The van der Waals surface area contributed by atoms with Crippen LogP contribution in [0.2, 0.25) is 0 Å². The monoisotopic (exact) mass is 345 g/mol. The molecule has 4 saturated carbocycles. The Morgan fingerprint density at radius 3 is 2.36 bits per heavy atom. The molecule has 4 aliphatic rings. The second-order valence-corrected chi connectivity index (χ2v) is 9.17. The Balaban J connectivity index is 1.52. The lowest BCUT2D eigenvalue weighted by molar-refractivity contribution is -0.0662. The number of carbonyl (C=O) groups is 1. The normalized spacial score (nSPS) is 33.2. The van der Waals surface area contributed by atoms with E-state index in [2.05, 4.69) is 18.9 Å². The van der Waals surface area contributed by atoms with Crippen molar-refractivity contribution in [2.75, 3.05) is 19.7 Å². The van der Waals surface area contributed by atoms with Crippen molar-refractivity contribution in [3.63, 3.8) is 0 Å². The molecule has 1 aromatic rings. The van der Waals surface area contributed by atoms with Crippen LogP contribution in [0.1, 0.15) is 68.8 Å². The lowest BCUT2D eigenvalue weighted by atomic mass is 9.49. The van der Waals surface area contributed by atoms with E-state index in [-0.39, 0.29) is 18.6 Å². The molecule has 0 spiro atoms. The number of aromatic nitrogens is 2. The molecule has 138 valence electrons. The summed E-state index contributed by atoms with van der Waals surface area (Å²) in [7, 11) is 0. The standard InChI is InChI=1S/C20H31N3O2/c1-14(2)23-12-18(11-21-23)19(25)22(3-4-24)13-20-8-15-5-16(9-20)7-17(6-15)10-20/h11-12,14-17,24H,3-10,13H2,1-2H3. The van der Waals surface area contributed by atoms with E-state index in [0.717, 1.165) is 24.3 Å². The maximum absolute atomic E-state index is 13.1. The third-order valence-electron chi connectivity index (χ3n) is 6.73. The van der Waals surface area contributed by atoms with Crippen molar-refractivity contribution in [3.8, 4) is 0 Å². The molecule has 0 atom stereocenters. The number of hydrogen-bond acceptors (Lipinski definition) is 3. The van der Waals surface area contributed by atoms with E-state index in [0.29, 0.717) is 17.5 Å². The van der Waals surface area contributed by atoms with Crippen molar-refractivity contribution in [1.29, 1.82) is 0 Å². The second kappa shape index (κ2) is 6.42. The van der Waals surface area contributed by atoms with E-state index in [9.17, 15) is 9.90 Å². The Kier molecular flexibility index (Phi) is 4.38.